The molecule has 1 N–H and O–H groups in total. The molecule has 0 heterocycles. The van der Waals surface area contributed by atoms with E-state index in [1.54, 1.807) is 6.07 Å². The quantitative estimate of drug-likeness (QED) is 0.727. The second-order valence-corrected chi connectivity index (χ2v) is 7.85. The molecule has 2 atom stereocenters. The van der Waals surface area contributed by atoms with Crippen molar-refractivity contribution >= 4 is 15.9 Å². The van der Waals surface area contributed by atoms with E-state index in [2.05, 4.69) is 42.0 Å². The van der Waals surface area contributed by atoms with Crippen LogP contribution in [0.25, 0.3) is 0 Å². The lowest BCUT2D eigenvalue weighted by Crippen LogP contribution is -2.42. The van der Waals surface area contributed by atoms with Gasteiger partial charge in [-0.2, -0.15) is 0 Å². The first kappa shape index (κ1) is 17.0. The Hall–Kier alpha value is -0.410. The minimum Gasteiger partial charge on any atom is -0.313 e. The maximum absolute atomic E-state index is 13.4. The summed E-state index contributed by atoms with van der Waals surface area (Å²) in [6, 6.07) is 5.90. The first-order valence-electron chi connectivity index (χ1n) is 8.11. The fourth-order valence-corrected chi connectivity index (χ4v) is 4.13. The van der Waals surface area contributed by atoms with Crippen molar-refractivity contribution in [2.24, 2.45) is 11.3 Å². The number of hydrogen-bond donors (Lipinski definition) is 1. The van der Waals surface area contributed by atoms with Gasteiger partial charge in [0.2, 0.25) is 0 Å². The number of rotatable bonds is 6. The minimum atomic E-state index is -0.182. The highest BCUT2D eigenvalue weighted by atomic mass is 79.9. The molecule has 0 bridgehead atoms. The predicted octanol–water partition coefficient (Wildman–Crippen LogP) is 5.33. The molecule has 0 spiro atoms. The van der Waals surface area contributed by atoms with Crippen molar-refractivity contribution < 1.29 is 4.39 Å². The first-order chi connectivity index (χ1) is 9.94. The molecule has 1 nitrogen and oxygen atoms in total. The Balaban J connectivity index is 2.14. The molecule has 1 aliphatic rings. The van der Waals surface area contributed by atoms with Crippen LogP contribution < -0.4 is 5.32 Å². The molecule has 2 unspecified atom stereocenters. The Bertz CT molecular complexity index is 472. The van der Waals surface area contributed by atoms with E-state index in [0.29, 0.717) is 21.8 Å². The summed E-state index contributed by atoms with van der Waals surface area (Å²) in [6.07, 6.45) is 6.07. The van der Waals surface area contributed by atoms with E-state index in [-0.39, 0.29) is 5.82 Å². The van der Waals surface area contributed by atoms with Crippen LogP contribution in [0.4, 0.5) is 4.39 Å². The molecule has 0 amide bonds. The van der Waals surface area contributed by atoms with Crippen molar-refractivity contribution in [1.29, 1.82) is 0 Å². The summed E-state index contributed by atoms with van der Waals surface area (Å²) < 4.78 is 14.0. The highest BCUT2D eigenvalue weighted by Gasteiger charge is 2.39. The summed E-state index contributed by atoms with van der Waals surface area (Å²) in [7, 11) is 0. The third kappa shape index (κ3) is 4.29. The highest BCUT2D eigenvalue weighted by molar-refractivity contribution is 9.10. The zero-order valence-electron chi connectivity index (χ0n) is 13.4. The summed E-state index contributed by atoms with van der Waals surface area (Å²) >= 11 is 3.30. The van der Waals surface area contributed by atoms with Crippen LogP contribution in [0.5, 0.6) is 0 Å². The van der Waals surface area contributed by atoms with Crippen LogP contribution in [-0.2, 0) is 6.42 Å². The molecule has 0 saturated heterocycles. The third-order valence-corrected chi connectivity index (χ3v) is 5.53. The average molecular weight is 356 g/mol. The number of nitrogens with one attached hydrogen (secondary N) is 1. The molecule has 0 radical (unpaired) electrons. The van der Waals surface area contributed by atoms with Crippen molar-refractivity contribution in [2.75, 3.05) is 6.54 Å². The molecular weight excluding hydrogens is 329 g/mol. The van der Waals surface area contributed by atoms with Gasteiger partial charge in [-0.25, -0.2) is 4.39 Å². The van der Waals surface area contributed by atoms with Gasteiger partial charge in [0, 0.05) is 6.04 Å². The normalized spacial score (nSPS) is 22.4. The summed E-state index contributed by atoms with van der Waals surface area (Å²) in [4.78, 5) is 0. The first-order valence-corrected chi connectivity index (χ1v) is 8.90. The fourth-order valence-electron chi connectivity index (χ4n) is 3.71. The SMILES string of the molecule is CCCNC(Cc1ccc(F)c(Br)c1)C1CCCC1(C)C. The van der Waals surface area contributed by atoms with Crippen molar-refractivity contribution in [3.63, 3.8) is 0 Å². The van der Waals surface area contributed by atoms with Crippen molar-refractivity contribution in [2.45, 2.75) is 58.9 Å². The highest BCUT2D eigenvalue weighted by Crippen LogP contribution is 2.45. The van der Waals surface area contributed by atoms with Gasteiger partial charge >= 0.3 is 0 Å². The van der Waals surface area contributed by atoms with E-state index in [0.717, 1.165) is 19.4 Å². The molecule has 1 aromatic carbocycles. The largest absolute Gasteiger partial charge is 0.313 e. The third-order valence-electron chi connectivity index (χ3n) is 4.92. The Labute approximate surface area is 136 Å². The van der Waals surface area contributed by atoms with Crippen LogP contribution in [0.15, 0.2) is 22.7 Å². The number of halogens is 2. The van der Waals surface area contributed by atoms with E-state index < -0.39 is 0 Å². The van der Waals surface area contributed by atoms with Gasteiger partial charge in [-0.1, -0.05) is 33.3 Å². The Morgan fingerprint density at radius 3 is 2.76 bits per heavy atom. The molecule has 0 aromatic heterocycles. The summed E-state index contributed by atoms with van der Waals surface area (Å²) in [6.45, 7) is 8.05. The number of benzene rings is 1. The molecule has 3 heteroatoms. The van der Waals surface area contributed by atoms with E-state index in [4.69, 9.17) is 0 Å². The van der Waals surface area contributed by atoms with Gasteiger partial charge in [-0.15, -0.1) is 0 Å². The second-order valence-electron chi connectivity index (χ2n) is 7.00. The van der Waals surface area contributed by atoms with Gasteiger partial charge in [0.1, 0.15) is 5.82 Å². The van der Waals surface area contributed by atoms with Gasteiger partial charge in [-0.05, 0) is 77.2 Å². The van der Waals surface area contributed by atoms with Gasteiger partial charge < -0.3 is 5.32 Å². The van der Waals surface area contributed by atoms with Crippen LogP contribution in [0.1, 0.15) is 52.0 Å². The van der Waals surface area contributed by atoms with Crippen molar-refractivity contribution in [1.82, 2.24) is 5.32 Å². The maximum Gasteiger partial charge on any atom is 0.137 e. The summed E-state index contributed by atoms with van der Waals surface area (Å²) in [5.41, 5.74) is 1.61. The lowest BCUT2D eigenvalue weighted by atomic mass is 9.76. The van der Waals surface area contributed by atoms with Gasteiger partial charge in [0.15, 0.2) is 0 Å². The second kappa shape index (κ2) is 7.23. The van der Waals surface area contributed by atoms with Crippen LogP contribution in [0.2, 0.25) is 0 Å². The van der Waals surface area contributed by atoms with Gasteiger partial charge in [0.25, 0.3) is 0 Å². The standard InChI is InChI=1S/C18H27BrFN/c1-4-10-21-17(14-6-5-9-18(14,2)3)12-13-7-8-16(20)15(19)11-13/h7-8,11,14,17,21H,4-6,9-10,12H2,1-3H3. The minimum absolute atomic E-state index is 0.182. The average Bonchev–Trinajstić information content (AvgIpc) is 2.78. The molecule has 1 aliphatic carbocycles. The fraction of sp³-hybridized carbons (Fsp3) is 0.667. The smallest absolute Gasteiger partial charge is 0.137 e. The van der Waals surface area contributed by atoms with Crippen LogP contribution in [0.3, 0.4) is 0 Å². The van der Waals surface area contributed by atoms with Gasteiger partial charge in [-0.3, -0.25) is 0 Å². The lowest BCUT2D eigenvalue weighted by molar-refractivity contribution is 0.195. The molecule has 1 aromatic rings. The van der Waals surface area contributed by atoms with E-state index in [9.17, 15) is 4.39 Å². The summed E-state index contributed by atoms with van der Waals surface area (Å²) in [5.74, 6) is 0.519. The maximum atomic E-state index is 13.4. The molecule has 1 saturated carbocycles. The van der Waals surface area contributed by atoms with Crippen LogP contribution >= 0.6 is 15.9 Å². The Kier molecular flexibility index (Phi) is 5.84. The monoisotopic (exact) mass is 355 g/mol. The Morgan fingerprint density at radius 1 is 1.43 bits per heavy atom. The molecule has 118 valence electrons. The molecule has 21 heavy (non-hydrogen) atoms. The zero-order valence-corrected chi connectivity index (χ0v) is 15.0. The van der Waals surface area contributed by atoms with Gasteiger partial charge in [0.05, 0.1) is 4.47 Å². The lowest BCUT2D eigenvalue weighted by Gasteiger charge is -2.35. The predicted molar refractivity (Wildman–Crippen MR) is 91.0 cm³/mol. The zero-order chi connectivity index (χ0) is 15.5. The Morgan fingerprint density at radius 2 is 2.19 bits per heavy atom. The van der Waals surface area contributed by atoms with Crippen LogP contribution in [-0.4, -0.2) is 12.6 Å². The van der Waals surface area contributed by atoms with Crippen molar-refractivity contribution in [3.05, 3.63) is 34.1 Å². The molecule has 0 aliphatic heterocycles. The van der Waals surface area contributed by atoms with E-state index in [1.807, 2.05) is 12.1 Å². The molecule has 1 fully saturated rings. The molecule has 2 rings (SSSR count). The number of hydrogen-bond acceptors (Lipinski definition) is 1. The topological polar surface area (TPSA) is 12.0 Å². The van der Waals surface area contributed by atoms with E-state index in [1.165, 1.54) is 24.8 Å². The molecular formula is C18H27BrFN. The summed E-state index contributed by atoms with van der Waals surface area (Å²) in [5, 5.41) is 3.74. The van der Waals surface area contributed by atoms with Crippen LogP contribution in [0, 0.1) is 17.2 Å². The van der Waals surface area contributed by atoms with E-state index >= 15 is 0 Å². The van der Waals surface area contributed by atoms with Crippen molar-refractivity contribution in [3.8, 4) is 0 Å².